The Hall–Kier alpha value is -3.37. The highest BCUT2D eigenvalue weighted by molar-refractivity contribution is 8.00. The van der Waals surface area contributed by atoms with Gasteiger partial charge in [0.2, 0.25) is 0 Å². The topological polar surface area (TPSA) is 96.9 Å². The van der Waals surface area contributed by atoms with Crippen molar-refractivity contribution in [2.45, 2.75) is 34.9 Å². The van der Waals surface area contributed by atoms with Crippen molar-refractivity contribution in [1.29, 1.82) is 0 Å². The number of rotatable bonds is 6. The van der Waals surface area contributed by atoms with Crippen LogP contribution in [0.15, 0.2) is 70.6 Å². The minimum Gasteiger partial charge on any atom is -0.495 e. The summed E-state index contributed by atoms with van der Waals surface area (Å²) in [7, 11) is -2.59. The van der Waals surface area contributed by atoms with Crippen molar-refractivity contribution in [1.82, 2.24) is 9.88 Å². The Morgan fingerprint density at radius 3 is 2.63 bits per heavy atom. The first-order chi connectivity index (χ1) is 16.8. The number of sulfonamides is 1. The minimum atomic E-state index is -4.00. The molecule has 0 saturated heterocycles. The standard InChI is InChI=1S/C25H23N3O5S2/c1-3-17-15-28(19-8-4-5-9-21(19)34-17)35(31,32)22-13-16(10-11-20(22)33-2)14-27-24(29)18-7-6-12-26-23(18)25(27)30/h4-13,17H,3,14-15H2,1-2H3. The third-order valence-corrected chi connectivity index (χ3v) is 9.34. The molecular formula is C25H23N3O5S2. The van der Waals surface area contributed by atoms with E-state index in [1.54, 1.807) is 42.1 Å². The Balaban J connectivity index is 1.53. The van der Waals surface area contributed by atoms with Gasteiger partial charge in [0, 0.05) is 22.9 Å². The van der Waals surface area contributed by atoms with Crippen molar-refractivity contribution in [3.05, 3.63) is 77.6 Å². The summed E-state index contributed by atoms with van der Waals surface area (Å²) in [5, 5.41) is 0.111. The summed E-state index contributed by atoms with van der Waals surface area (Å²) in [5.41, 5.74) is 1.46. The van der Waals surface area contributed by atoms with E-state index in [0.717, 1.165) is 16.2 Å². The molecule has 0 N–H and O–H groups in total. The first-order valence-corrected chi connectivity index (χ1v) is 13.4. The highest BCUT2D eigenvalue weighted by atomic mass is 32.2. The highest BCUT2D eigenvalue weighted by Gasteiger charge is 2.38. The van der Waals surface area contributed by atoms with Gasteiger partial charge < -0.3 is 4.74 Å². The fourth-order valence-corrected chi connectivity index (χ4v) is 7.38. The van der Waals surface area contributed by atoms with Gasteiger partial charge in [0.05, 0.1) is 24.9 Å². The molecule has 0 aliphatic carbocycles. The second kappa shape index (κ2) is 9.01. The molecule has 0 saturated carbocycles. The number of ether oxygens (including phenoxy) is 1. The Morgan fingerprint density at radius 2 is 1.89 bits per heavy atom. The number of carbonyl (C=O) groups is 2. The number of methoxy groups -OCH3 is 1. The molecule has 35 heavy (non-hydrogen) atoms. The third kappa shape index (κ3) is 3.96. The van der Waals surface area contributed by atoms with Crippen LogP contribution in [0, 0.1) is 0 Å². The fourth-order valence-electron chi connectivity index (χ4n) is 4.28. The summed E-state index contributed by atoms with van der Waals surface area (Å²) in [6.07, 6.45) is 2.28. The Kier molecular flexibility index (Phi) is 6.02. The maximum atomic E-state index is 14.0. The second-order valence-corrected chi connectivity index (χ2v) is 11.4. The normalized spacial score (nSPS) is 17.4. The van der Waals surface area contributed by atoms with Gasteiger partial charge in [-0.1, -0.05) is 25.1 Å². The number of para-hydroxylation sites is 1. The van der Waals surface area contributed by atoms with Crippen molar-refractivity contribution in [3.63, 3.8) is 0 Å². The van der Waals surface area contributed by atoms with Crippen molar-refractivity contribution in [2.24, 2.45) is 0 Å². The van der Waals surface area contributed by atoms with Gasteiger partial charge in [-0.15, -0.1) is 11.8 Å². The van der Waals surface area contributed by atoms with Crippen molar-refractivity contribution in [2.75, 3.05) is 18.0 Å². The van der Waals surface area contributed by atoms with Crippen LogP contribution in [0.3, 0.4) is 0 Å². The Morgan fingerprint density at radius 1 is 1.09 bits per heavy atom. The van der Waals surface area contributed by atoms with Crippen LogP contribution >= 0.6 is 11.8 Å². The number of hydrogen-bond donors (Lipinski definition) is 0. The van der Waals surface area contributed by atoms with Crippen molar-refractivity contribution >= 4 is 39.3 Å². The minimum absolute atomic E-state index is 0.0104. The molecule has 0 spiro atoms. The van der Waals surface area contributed by atoms with Crippen LogP contribution in [-0.2, 0) is 16.6 Å². The molecule has 0 bridgehead atoms. The lowest BCUT2D eigenvalue weighted by Gasteiger charge is -2.34. The molecule has 2 aliphatic rings. The maximum Gasteiger partial charge on any atom is 0.280 e. The summed E-state index contributed by atoms with van der Waals surface area (Å²) in [5.74, 6) is -0.758. The first kappa shape index (κ1) is 23.4. The smallest absolute Gasteiger partial charge is 0.280 e. The van der Waals surface area contributed by atoms with E-state index in [1.165, 1.54) is 23.7 Å². The van der Waals surface area contributed by atoms with Crippen molar-refractivity contribution in [3.8, 4) is 5.75 Å². The van der Waals surface area contributed by atoms with Gasteiger partial charge >= 0.3 is 0 Å². The molecule has 1 aromatic heterocycles. The van der Waals surface area contributed by atoms with E-state index in [1.807, 2.05) is 25.1 Å². The van der Waals surface area contributed by atoms with E-state index >= 15 is 0 Å². The number of aromatic nitrogens is 1. The van der Waals surface area contributed by atoms with Crippen LogP contribution in [0.1, 0.15) is 39.8 Å². The van der Waals surface area contributed by atoms with Gasteiger partial charge in [0.1, 0.15) is 16.3 Å². The number of anilines is 1. The predicted octanol–water partition coefficient (Wildman–Crippen LogP) is 3.97. The molecule has 3 aromatic rings. The molecule has 180 valence electrons. The molecule has 1 unspecified atom stereocenters. The summed E-state index contributed by atoms with van der Waals surface area (Å²) in [6, 6.07) is 15.3. The zero-order valence-electron chi connectivity index (χ0n) is 19.2. The average Bonchev–Trinajstić information content (AvgIpc) is 3.12. The van der Waals surface area contributed by atoms with E-state index in [-0.39, 0.29) is 33.7 Å². The van der Waals surface area contributed by atoms with Gasteiger partial charge in [-0.3, -0.25) is 23.8 Å². The predicted molar refractivity (Wildman–Crippen MR) is 132 cm³/mol. The Labute approximate surface area is 208 Å². The quantitative estimate of drug-likeness (QED) is 0.464. The lowest BCUT2D eigenvalue weighted by molar-refractivity contribution is 0.0640. The number of benzene rings is 2. The lowest BCUT2D eigenvalue weighted by Crippen LogP contribution is -2.39. The average molecular weight is 510 g/mol. The largest absolute Gasteiger partial charge is 0.495 e. The first-order valence-electron chi connectivity index (χ1n) is 11.1. The van der Waals surface area contributed by atoms with Crippen molar-refractivity contribution < 1.29 is 22.7 Å². The fraction of sp³-hybridized carbons (Fsp3) is 0.240. The summed E-state index contributed by atoms with van der Waals surface area (Å²) in [6.45, 7) is 2.29. The molecular weight excluding hydrogens is 486 g/mol. The molecule has 2 aliphatic heterocycles. The zero-order valence-corrected chi connectivity index (χ0v) is 20.8. The number of thioether (sulfide) groups is 1. The van der Waals surface area contributed by atoms with E-state index in [9.17, 15) is 18.0 Å². The lowest BCUT2D eigenvalue weighted by atomic mass is 10.2. The summed E-state index contributed by atoms with van der Waals surface area (Å²) >= 11 is 1.68. The van der Waals surface area contributed by atoms with E-state index in [4.69, 9.17) is 4.74 Å². The molecule has 2 aromatic carbocycles. The molecule has 3 heterocycles. The third-order valence-electron chi connectivity index (χ3n) is 6.12. The van der Waals surface area contributed by atoms with Crippen LogP contribution in [0.4, 0.5) is 5.69 Å². The maximum absolute atomic E-state index is 14.0. The number of pyridine rings is 1. The van der Waals surface area contributed by atoms with Gasteiger partial charge in [0.15, 0.2) is 0 Å². The molecule has 1 atom stereocenters. The van der Waals surface area contributed by atoms with Gasteiger partial charge in [-0.05, 0) is 48.4 Å². The molecule has 0 fully saturated rings. The number of nitrogens with zero attached hydrogens (tertiary/aromatic N) is 3. The summed E-state index contributed by atoms with van der Waals surface area (Å²) < 4.78 is 34.8. The van der Waals surface area contributed by atoms with Crippen LogP contribution < -0.4 is 9.04 Å². The van der Waals surface area contributed by atoms with Crippen LogP contribution in [0.5, 0.6) is 5.75 Å². The highest BCUT2D eigenvalue weighted by Crippen LogP contribution is 2.43. The zero-order chi connectivity index (χ0) is 24.7. The SMILES string of the molecule is CCC1CN(S(=O)(=O)c2cc(CN3C(=O)c4cccnc4C3=O)ccc2OC)c2ccccc2S1. The van der Waals surface area contributed by atoms with Gasteiger partial charge in [0.25, 0.3) is 21.8 Å². The molecule has 5 rings (SSSR count). The molecule has 2 amide bonds. The number of fused-ring (bicyclic) bond motifs is 2. The van der Waals surface area contributed by atoms with E-state index in [0.29, 0.717) is 17.8 Å². The molecule has 8 nitrogen and oxygen atoms in total. The van der Waals surface area contributed by atoms with Gasteiger partial charge in [-0.2, -0.15) is 0 Å². The van der Waals surface area contributed by atoms with Crippen LogP contribution in [-0.4, -0.2) is 49.0 Å². The number of amides is 2. The monoisotopic (exact) mass is 509 g/mol. The van der Waals surface area contributed by atoms with Crippen LogP contribution in [0.25, 0.3) is 0 Å². The number of hydrogen-bond acceptors (Lipinski definition) is 7. The van der Waals surface area contributed by atoms with E-state index < -0.39 is 21.8 Å². The second-order valence-electron chi connectivity index (χ2n) is 8.23. The van der Waals surface area contributed by atoms with E-state index in [2.05, 4.69) is 4.98 Å². The Bertz CT molecular complexity index is 1410. The summed E-state index contributed by atoms with van der Waals surface area (Å²) in [4.78, 5) is 31.5. The van der Waals surface area contributed by atoms with Gasteiger partial charge in [-0.25, -0.2) is 8.42 Å². The molecule has 0 radical (unpaired) electrons. The number of carbonyl (C=O) groups excluding carboxylic acids is 2. The van der Waals surface area contributed by atoms with Crippen LogP contribution in [0.2, 0.25) is 0 Å². The number of imide groups is 1. The molecule has 10 heteroatoms.